The lowest BCUT2D eigenvalue weighted by molar-refractivity contribution is -0.140. The number of benzene rings is 1. The quantitative estimate of drug-likeness (QED) is 0.336. The smallest absolute Gasteiger partial charge is 0.295 e. The lowest BCUT2D eigenvalue weighted by Crippen LogP contribution is -2.38. The van der Waals surface area contributed by atoms with Gasteiger partial charge in [0.05, 0.1) is 30.5 Å². The molecule has 0 radical (unpaired) electrons. The summed E-state index contributed by atoms with van der Waals surface area (Å²) >= 11 is 0. The van der Waals surface area contributed by atoms with Crippen molar-refractivity contribution in [3.8, 4) is 0 Å². The van der Waals surface area contributed by atoms with E-state index in [1.54, 1.807) is 22.4 Å². The first kappa shape index (κ1) is 23.3. The van der Waals surface area contributed by atoms with Gasteiger partial charge in [0.2, 0.25) is 0 Å². The average molecular weight is 475 g/mol. The summed E-state index contributed by atoms with van der Waals surface area (Å²) in [4.78, 5) is 35.0. The number of carbonyl (C=O) groups excluding carboxylic acids is 2. The summed E-state index contributed by atoms with van der Waals surface area (Å²) in [7, 11) is 0. The maximum Gasteiger partial charge on any atom is 0.295 e. The first-order chi connectivity index (χ1) is 17.0. The molecule has 5 rings (SSSR count). The Morgan fingerprint density at radius 2 is 1.80 bits per heavy atom. The third-order valence-electron chi connectivity index (χ3n) is 6.84. The predicted octanol–water partition coefficient (Wildman–Crippen LogP) is 3.10. The van der Waals surface area contributed by atoms with Gasteiger partial charge in [-0.05, 0) is 38.0 Å². The number of Topliss-reactive ketones (excluding diaryl/α,β-unsaturated/α-hetero) is 1. The summed E-state index contributed by atoms with van der Waals surface area (Å²) in [6, 6.07) is 12.7. The number of aromatic nitrogens is 2. The number of ether oxygens (including phenoxy) is 1. The fourth-order valence-electron chi connectivity index (χ4n) is 5.02. The number of aryl methyl sites for hydroxylation is 2. The lowest BCUT2D eigenvalue weighted by Gasteiger charge is -2.29. The molecule has 1 N–H and O–H groups in total. The van der Waals surface area contributed by atoms with Gasteiger partial charge in [0, 0.05) is 32.4 Å². The summed E-state index contributed by atoms with van der Waals surface area (Å²) in [6.07, 6.45) is 2.52. The van der Waals surface area contributed by atoms with E-state index in [0.717, 1.165) is 37.2 Å². The van der Waals surface area contributed by atoms with Crippen LogP contribution in [0.15, 0.2) is 54.2 Å². The second-order valence-corrected chi connectivity index (χ2v) is 9.19. The fourth-order valence-corrected chi connectivity index (χ4v) is 5.02. The predicted molar refractivity (Wildman–Crippen MR) is 132 cm³/mol. The minimum atomic E-state index is -0.662. The Balaban J connectivity index is 1.54. The van der Waals surface area contributed by atoms with Crippen LogP contribution in [0, 0.1) is 13.8 Å². The molecule has 3 aromatic rings. The first-order valence-corrected chi connectivity index (χ1v) is 12.0. The number of pyridine rings is 1. The van der Waals surface area contributed by atoms with Gasteiger partial charge < -0.3 is 14.7 Å². The van der Waals surface area contributed by atoms with Crippen molar-refractivity contribution in [3.63, 3.8) is 0 Å². The lowest BCUT2D eigenvalue weighted by atomic mass is 9.95. The molecular formula is C27H30N4O4. The van der Waals surface area contributed by atoms with Gasteiger partial charge in [-0.15, -0.1) is 0 Å². The van der Waals surface area contributed by atoms with Crippen molar-refractivity contribution in [2.24, 2.45) is 0 Å². The van der Waals surface area contributed by atoms with E-state index in [9.17, 15) is 14.7 Å². The number of hydrogen-bond acceptors (Lipinski definition) is 6. The van der Waals surface area contributed by atoms with E-state index < -0.39 is 17.7 Å². The zero-order valence-electron chi connectivity index (χ0n) is 20.1. The van der Waals surface area contributed by atoms with Crippen LogP contribution < -0.4 is 0 Å². The fraction of sp³-hybridized carbons (Fsp3) is 0.370. The maximum absolute atomic E-state index is 13.3. The molecule has 8 heteroatoms. The Bertz CT molecular complexity index is 1290. The van der Waals surface area contributed by atoms with Crippen LogP contribution in [0.1, 0.15) is 35.0 Å². The summed E-state index contributed by atoms with van der Waals surface area (Å²) in [5.41, 5.74) is 3.68. The van der Waals surface area contributed by atoms with Crippen molar-refractivity contribution in [1.29, 1.82) is 0 Å². The van der Waals surface area contributed by atoms with Crippen LogP contribution >= 0.6 is 0 Å². The van der Waals surface area contributed by atoms with E-state index in [4.69, 9.17) is 4.74 Å². The highest BCUT2D eigenvalue weighted by Crippen LogP contribution is 2.40. The summed E-state index contributed by atoms with van der Waals surface area (Å²) in [5.74, 6) is -1.43. The minimum absolute atomic E-state index is 0.110. The molecule has 0 saturated carbocycles. The standard InChI is InChI=1S/C27H30N4O4/c1-18-7-9-20(10-8-18)24-22(25(32)23-19(2)28-21-6-3-4-12-30(21)23)26(33)27(34)31(24)13-5-11-29-14-16-35-17-15-29/h3-4,6-10,12,24,32H,5,11,13-17H2,1-2H3/b25-22-. The molecule has 35 heavy (non-hydrogen) atoms. The van der Waals surface area contributed by atoms with Crippen LogP contribution in [-0.4, -0.2) is 75.4 Å². The molecule has 0 bridgehead atoms. The number of likely N-dealkylation sites (tertiary alicyclic amines) is 1. The second-order valence-electron chi connectivity index (χ2n) is 9.19. The summed E-state index contributed by atoms with van der Waals surface area (Å²) in [5, 5.41) is 11.5. The highest BCUT2D eigenvalue weighted by Gasteiger charge is 2.46. The van der Waals surface area contributed by atoms with Gasteiger partial charge in [-0.25, -0.2) is 4.98 Å². The van der Waals surface area contributed by atoms with E-state index in [2.05, 4.69) is 9.88 Å². The van der Waals surface area contributed by atoms with Crippen LogP contribution in [0.5, 0.6) is 0 Å². The Kier molecular flexibility index (Phi) is 6.40. The Labute approximate surface area is 204 Å². The Morgan fingerprint density at radius 1 is 1.06 bits per heavy atom. The van der Waals surface area contributed by atoms with Crippen LogP contribution in [-0.2, 0) is 14.3 Å². The van der Waals surface area contributed by atoms with E-state index in [-0.39, 0.29) is 11.3 Å². The largest absolute Gasteiger partial charge is 0.505 e. The van der Waals surface area contributed by atoms with Crippen molar-refractivity contribution >= 4 is 23.1 Å². The summed E-state index contributed by atoms with van der Waals surface area (Å²) in [6.45, 7) is 8.19. The number of nitrogens with zero attached hydrogens (tertiary/aromatic N) is 4. The van der Waals surface area contributed by atoms with E-state index in [0.29, 0.717) is 36.8 Å². The van der Waals surface area contributed by atoms with Crippen LogP contribution in [0.2, 0.25) is 0 Å². The highest BCUT2D eigenvalue weighted by atomic mass is 16.5. The molecular weight excluding hydrogens is 444 g/mol. The number of amides is 1. The number of ketones is 1. The van der Waals surface area contributed by atoms with Crippen molar-refractivity contribution in [2.75, 3.05) is 39.4 Å². The molecule has 1 atom stereocenters. The Hall–Kier alpha value is -3.49. The number of carbonyl (C=O) groups is 2. The maximum atomic E-state index is 13.3. The number of imidazole rings is 1. The number of morpholine rings is 1. The molecule has 0 aliphatic carbocycles. The minimum Gasteiger partial charge on any atom is -0.505 e. The molecule has 4 heterocycles. The monoisotopic (exact) mass is 474 g/mol. The molecule has 2 fully saturated rings. The van der Waals surface area contributed by atoms with Crippen LogP contribution in [0.3, 0.4) is 0 Å². The number of hydrogen-bond donors (Lipinski definition) is 1. The number of aliphatic hydroxyl groups excluding tert-OH is 1. The first-order valence-electron chi connectivity index (χ1n) is 12.0. The molecule has 2 saturated heterocycles. The molecule has 2 aliphatic rings. The topological polar surface area (TPSA) is 87.4 Å². The van der Waals surface area contributed by atoms with Gasteiger partial charge in [-0.1, -0.05) is 35.9 Å². The van der Waals surface area contributed by atoms with Crippen molar-refractivity contribution < 1.29 is 19.4 Å². The van der Waals surface area contributed by atoms with Crippen molar-refractivity contribution in [3.05, 3.63) is 76.7 Å². The van der Waals surface area contributed by atoms with E-state index in [1.807, 2.05) is 49.4 Å². The normalized spacial score (nSPS) is 20.7. The van der Waals surface area contributed by atoms with Crippen LogP contribution in [0.4, 0.5) is 0 Å². The van der Waals surface area contributed by atoms with E-state index >= 15 is 0 Å². The molecule has 1 aromatic carbocycles. The third-order valence-corrected chi connectivity index (χ3v) is 6.84. The zero-order chi connectivity index (χ0) is 24.5. The SMILES string of the molecule is Cc1ccc(C2/C(=C(/O)c3c(C)nc4ccccn34)C(=O)C(=O)N2CCCN2CCOCC2)cc1. The summed E-state index contributed by atoms with van der Waals surface area (Å²) < 4.78 is 7.17. The van der Waals surface area contributed by atoms with Gasteiger partial charge in [-0.3, -0.25) is 18.9 Å². The van der Waals surface area contributed by atoms with E-state index in [1.165, 1.54) is 0 Å². The van der Waals surface area contributed by atoms with Gasteiger partial charge >= 0.3 is 0 Å². The van der Waals surface area contributed by atoms with Gasteiger partial charge in [0.15, 0.2) is 5.76 Å². The average Bonchev–Trinajstić information content (AvgIpc) is 3.33. The molecule has 1 amide bonds. The number of aliphatic hydroxyl groups is 1. The molecule has 0 spiro atoms. The Morgan fingerprint density at radius 3 is 2.54 bits per heavy atom. The molecule has 1 unspecified atom stereocenters. The molecule has 2 aliphatic heterocycles. The number of fused-ring (bicyclic) bond motifs is 1. The molecule has 2 aromatic heterocycles. The van der Waals surface area contributed by atoms with Crippen molar-refractivity contribution in [1.82, 2.24) is 19.2 Å². The molecule has 8 nitrogen and oxygen atoms in total. The van der Waals surface area contributed by atoms with Crippen LogP contribution in [0.25, 0.3) is 11.4 Å². The van der Waals surface area contributed by atoms with Gasteiger partial charge in [0.25, 0.3) is 11.7 Å². The number of rotatable bonds is 6. The zero-order valence-corrected chi connectivity index (χ0v) is 20.1. The van der Waals surface area contributed by atoms with Gasteiger partial charge in [-0.2, -0.15) is 0 Å². The van der Waals surface area contributed by atoms with Gasteiger partial charge in [0.1, 0.15) is 11.3 Å². The van der Waals surface area contributed by atoms with Crippen molar-refractivity contribution in [2.45, 2.75) is 26.3 Å². The second kappa shape index (κ2) is 9.64. The highest BCUT2D eigenvalue weighted by molar-refractivity contribution is 6.46. The molecule has 182 valence electrons. The third kappa shape index (κ3) is 4.35.